The summed E-state index contributed by atoms with van der Waals surface area (Å²) in [6.07, 6.45) is 3.14. The highest BCUT2D eigenvalue weighted by atomic mass is 35.5. The summed E-state index contributed by atoms with van der Waals surface area (Å²) in [6, 6.07) is 14.1. The molecule has 4 heterocycles. The Labute approximate surface area is 350 Å². The first-order valence-corrected chi connectivity index (χ1v) is 21.6. The first kappa shape index (κ1) is 41.4. The number of H-pyrrole nitrogens is 2. The average Bonchev–Trinajstić information content (AvgIpc) is 4.04. The molecule has 4 aromatic carbocycles. The number of nitrogens with zero attached hydrogens (tertiary/aromatic N) is 8. The highest BCUT2D eigenvalue weighted by molar-refractivity contribution is 7.89. The summed E-state index contributed by atoms with van der Waals surface area (Å²) in [5.41, 5.74) is 1.06. The van der Waals surface area contributed by atoms with Gasteiger partial charge in [0.05, 0.1) is 20.1 Å². The minimum Gasteiger partial charge on any atom is -0.507 e. The number of nitrogens with one attached hydrogen (secondary N) is 2. The third kappa shape index (κ3) is 8.78. The van der Waals surface area contributed by atoms with Crippen molar-refractivity contribution in [1.82, 2.24) is 49.9 Å². The SMILES string of the molecule is O=S(=O)(c1cc(Oc2c(Cl)cc(-c3nn[nH]n3)cc2Cl)ccc1O)N1CCCC1.O=S(=O)(c1cc(Oc2c(Cl)cc(-c3nn[nH]n3)cc2Cl)ccc1O)N1CCCC1. The van der Waals surface area contributed by atoms with Crippen LogP contribution in [-0.2, 0) is 20.0 Å². The van der Waals surface area contributed by atoms with Gasteiger partial charge in [0.2, 0.25) is 31.7 Å². The summed E-state index contributed by atoms with van der Waals surface area (Å²) in [7, 11) is -7.66. The molecule has 2 saturated heterocycles. The number of phenolic OH excluding ortho intramolecular Hbond substituents is 2. The largest absolute Gasteiger partial charge is 0.507 e. The molecule has 4 N–H and O–H groups in total. The molecule has 304 valence electrons. The third-order valence-electron chi connectivity index (χ3n) is 8.87. The average molecular weight is 913 g/mol. The molecule has 2 fully saturated rings. The molecule has 18 nitrogen and oxygen atoms in total. The number of sulfonamides is 2. The van der Waals surface area contributed by atoms with Crippen LogP contribution in [0.1, 0.15) is 25.7 Å². The highest BCUT2D eigenvalue weighted by Gasteiger charge is 2.31. The molecule has 58 heavy (non-hydrogen) atoms. The van der Waals surface area contributed by atoms with Crippen LogP contribution < -0.4 is 9.47 Å². The van der Waals surface area contributed by atoms with E-state index in [1.165, 1.54) is 45.0 Å². The van der Waals surface area contributed by atoms with Gasteiger partial charge in [-0.05, 0) is 84.6 Å². The lowest BCUT2D eigenvalue weighted by Gasteiger charge is -2.17. The molecule has 6 aromatic rings. The first-order valence-electron chi connectivity index (χ1n) is 17.2. The Kier molecular flexibility index (Phi) is 12.3. The van der Waals surface area contributed by atoms with E-state index in [4.69, 9.17) is 55.9 Å². The molecule has 0 unspecified atom stereocenters. The van der Waals surface area contributed by atoms with Gasteiger partial charge in [-0.2, -0.15) is 19.0 Å². The number of aromatic hydroxyl groups is 2. The monoisotopic (exact) mass is 910 g/mol. The lowest BCUT2D eigenvalue weighted by Crippen LogP contribution is -2.27. The van der Waals surface area contributed by atoms with E-state index < -0.39 is 20.0 Å². The second-order valence-corrected chi connectivity index (χ2v) is 18.1. The van der Waals surface area contributed by atoms with E-state index in [1.54, 1.807) is 24.3 Å². The van der Waals surface area contributed by atoms with Gasteiger partial charge in [0.25, 0.3) is 0 Å². The van der Waals surface area contributed by atoms with Crippen molar-refractivity contribution in [3.8, 4) is 57.3 Å². The molecular weight excluding hydrogens is 882 g/mol. The molecule has 0 spiro atoms. The van der Waals surface area contributed by atoms with Gasteiger partial charge >= 0.3 is 0 Å². The second kappa shape index (κ2) is 17.2. The number of hydrogen-bond acceptors (Lipinski definition) is 14. The van der Waals surface area contributed by atoms with Crippen molar-refractivity contribution >= 4 is 66.5 Å². The minimum absolute atomic E-state index is 0.135. The molecule has 0 aliphatic carbocycles. The standard InChI is InChI=1S/2C17H15Cl2N5O4S/c2*18-12-7-10(17-20-22-23-21-17)8-13(19)16(12)28-11-3-4-14(25)15(9-11)29(26,27)24-5-1-2-6-24/h2*3-4,7-9,25H,1-2,5-6H2,(H,20,21,22,23). The van der Waals surface area contributed by atoms with Gasteiger partial charge in [-0.3, -0.25) is 0 Å². The number of aromatic nitrogens is 8. The number of tetrazole rings is 2. The number of rotatable bonds is 10. The van der Waals surface area contributed by atoms with Crippen molar-refractivity contribution in [3.63, 3.8) is 0 Å². The van der Waals surface area contributed by atoms with E-state index in [0.717, 1.165) is 25.7 Å². The summed E-state index contributed by atoms with van der Waals surface area (Å²) < 4.78 is 65.4. The van der Waals surface area contributed by atoms with Gasteiger partial charge in [0.1, 0.15) is 32.8 Å². The highest BCUT2D eigenvalue weighted by Crippen LogP contribution is 2.42. The summed E-state index contributed by atoms with van der Waals surface area (Å²) in [5.74, 6) is 0.510. The van der Waals surface area contributed by atoms with E-state index in [9.17, 15) is 27.0 Å². The lowest BCUT2D eigenvalue weighted by molar-refractivity contribution is 0.435. The number of benzene rings is 4. The summed E-state index contributed by atoms with van der Waals surface area (Å²) in [4.78, 5) is -0.458. The van der Waals surface area contributed by atoms with Crippen molar-refractivity contribution in [2.45, 2.75) is 35.5 Å². The van der Waals surface area contributed by atoms with Crippen LogP contribution in [0, 0.1) is 0 Å². The summed E-state index contributed by atoms with van der Waals surface area (Å²) >= 11 is 25.2. The molecule has 2 aliphatic heterocycles. The van der Waals surface area contributed by atoms with Gasteiger partial charge in [-0.15, -0.1) is 20.4 Å². The predicted molar refractivity (Wildman–Crippen MR) is 212 cm³/mol. The zero-order valence-electron chi connectivity index (χ0n) is 29.7. The van der Waals surface area contributed by atoms with Crippen molar-refractivity contribution in [2.24, 2.45) is 0 Å². The van der Waals surface area contributed by atoms with Crippen molar-refractivity contribution in [2.75, 3.05) is 26.2 Å². The molecule has 0 atom stereocenters. The molecule has 0 bridgehead atoms. The maximum Gasteiger partial charge on any atom is 0.246 e. The Morgan fingerprint density at radius 1 is 0.552 bits per heavy atom. The van der Waals surface area contributed by atoms with Crippen LogP contribution in [0.15, 0.2) is 70.5 Å². The number of phenols is 2. The van der Waals surface area contributed by atoms with Crippen molar-refractivity contribution in [3.05, 3.63) is 80.8 Å². The summed E-state index contributed by atoms with van der Waals surface area (Å²) in [6.45, 7) is 1.67. The van der Waals surface area contributed by atoms with Crippen LogP contribution in [-0.4, -0.2) is 103 Å². The van der Waals surface area contributed by atoms with Crippen LogP contribution in [0.2, 0.25) is 20.1 Å². The Hall–Kier alpha value is -4.80. The fourth-order valence-corrected chi connectivity index (χ4v) is 10.4. The normalized spacial score (nSPS) is 15.0. The van der Waals surface area contributed by atoms with E-state index in [-0.39, 0.29) is 64.4 Å². The Morgan fingerprint density at radius 3 is 1.21 bits per heavy atom. The van der Waals surface area contributed by atoms with Gasteiger partial charge in [0.15, 0.2) is 11.5 Å². The zero-order chi connectivity index (χ0) is 41.2. The molecule has 0 amide bonds. The van der Waals surface area contributed by atoms with Crippen LogP contribution >= 0.6 is 46.4 Å². The molecule has 8 rings (SSSR count). The number of aromatic amines is 2. The van der Waals surface area contributed by atoms with Gasteiger partial charge in [-0.25, -0.2) is 16.8 Å². The van der Waals surface area contributed by atoms with E-state index in [2.05, 4.69) is 41.2 Å². The summed E-state index contributed by atoms with van der Waals surface area (Å²) in [5, 5.41) is 48.0. The molecular formula is C34H30Cl4N10O8S2. The smallest absolute Gasteiger partial charge is 0.246 e. The lowest BCUT2D eigenvalue weighted by atomic mass is 10.2. The fourth-order valence-electron chi connectivity index (χ4n) is 6.04. The number of hydrogen-bond donors (Lipinski definition) is 4. The number of halogens is 4. The van der Waals surface area contributed by atoms with Crippen LogP contribution in [0.5, 0.6) is 34.5 Å². The Bertz CT molecular complexity index is 2430. The number of ether oxygens (including phenoxy) is 2. The Morgan fingerprint density at radius 2 is 0.897 bits per heavy atom. The van der Waals surface area contributed by atoms with Crippen LogP contribution in [0.25, 0.3) is 22.8 Å². The molecule has 0 saturated carbocycles. The third-order valence-corrected chi connectivity index (χ3v) is 13.9. The quantitative estimate of drug-likeness (QED) is 0.109. The van der Waals surface area contributed by atoms with Crippen molar-refractivity contribution in [1.29, 1.82) is 0 Å². The van der Waals surface area contributed by atoms with Crippen LogP contribution in [0.3, 0.4) is 0 Å². The van der Waals surface area contributed by atoms with Gasteiger partial charge in [-0.1, -0.05) is 46.4 Å². The zero-order valence-corrected chi connectivity index (χ0v) is 34.3. The minimum atomic E-state index is -3.83. The maximum absolute atomic E-state index is 12.8. The molecule has 0 radical (unpaired) electrons. The van der Waals surface area contributed by atoms with Crippen molar-refractivity contribution < 1.29 is 36.5 Å². The second-order valence-electron chi connectivity index (χ2n) is 12.7. The molecule has 24 heteroatoms. The first-order chi connectivity index (χ1) is 27.7. The Balaban J connectivity index is 0.000000177. The van der Waals surface area contributed by atoms with E-state index in [0.29, 0.717) is 49.0 Å². The maximum atomic E-state index is 12.8. The fraction of sp³-hybridized carbons (Fsp3) is 0.235. The molecule has 2 aliphatic rings. The molecule has 2 aromatic heterocycles. The van der Waals surface area contributed by atoms with Gasteiger partial charge < -0.3 is 19.7 Å². The van der Waals surface area contributed by atoms with E-state index in [1.807, 2.05) is 0 Å². The van der Waals surface area contributed by atoms with E-state index >= 15 is 0 Å². The predicted octanol–water partition coefficient (Wildman–Crippen LogP) is 6.91. The topological polar surface area (TPSA) is 243 Å². The van der Waals surface area contributed by atoms with Gasteiger partial charge in [0, 0.05) is 49.4 Å². The van der Waals surface area contributed by atoms with Crippen LogP contribution in [0.4, 0.5) is 0 Å².